The Balaban J connectivity index is 1.31. The minimum absolute atomic E-state index is 0.837. The summed E-state index contributed by atoms with van der Waals surface area (Å²) in [6.07, 6.45) is 22.3. The quantitative estimate of drug-likeness (QED) is 0.486. The molecule has 0 radical (unpaired) electrons. The second-order valence-electron chi connectivity index (χ2n) is 11.2. The topological polar surface area (TPSA) is 27.3 Å². The number of rotatable bonds is 10. The van der Waals surface area contributed by atoms with E-state index in [0.717, 1.165) is 41.7 Å². The lowest BCUT2D eigenvalue weighted by Crippen LogP contribution is -2.60. The normalized spacial score (nSPS) is 32.5. The summed E-state index contributed by atoms with van der Waals surface area (Å²) in [4.78, 5) is 0. The first-order chi connectivity index (χ1) is 14.3. The maximum absolute atomic E-state index is 4.17. The first kappa shape index (κ1) is 22.1. The van der Waals surface area contributed by atoms with E-state index in [2.05, 4.69) is 29.7 Å². The first-order valence-corrected chi connectivity index (χ1v) is 13.4. The van der Waals surface area contributed by atoms with Crippen LogP contribution in [0, 0.1) is 29.6 Å². The maximum atomic E-state index is 4.17. The Hall–Kier alpha value is -0.120. The maximum Gasteiger partial charge on any atom is 0.0172 e. The highest BCUT2D eigenvalue weighted by Crippen LogP contribution is 2.42. The number of hydrogen-bond donors (Lipinski definition) is 2. The molecule has 4 rings (SSSR count). The van der Waals surface area contributed by atoms with Crippen molar-refractivity contribution in [1.29, 1.82) is 0 Å². The zero-order valence-corrected chi connectivity index (χ0v) is 19.5. The molecule has 0 spiro atoms. The van der Waals surface area contributed by atoms with E-state index in [1.165, 1.54) is 109 Å². The third-order valence-corrected chi connectivity index (χ3v) is 9.35. The van der Waals surface area contributed by atoms with Crippen LogP contribution in [-0.2, 0) is 0 Å². The minimum Gasteiger partial charge on any atom is -0.311 e. The highest BCUT2D eigenvalue weighted by Gasteiger charge is 2.42. The molecule has 0 bridgehead atoms. The molecule has 0 amide bonds. The predicted octanol–water partition coefficient (Wildman–Crippen LogP) is 5.76. The summed E-state index contributed by atoms with van der Waals surface area (Å²) in [7, 11) is 2.07. The van der Waals surface area contributed by atoms with Crippen LogP contribution in [0.2, 0.25) is 0 Å². The van der Waals surface area contributed by atoms with Crippen LogP contribution in [0.25, 0.3) is 0 Å². The molecule has 4 unspecified atom stereocenters. The van der Waals surface area contributed by atoms with Crippen molar-refractivity contribution < 1.29 is 0 Å². The molecule has 2 aliphatic heterocycles. The zero-order chi connectivity index (χ0) is 20.1. The summed E-state index contributed by atoms with van der Waals surface area (Å²) in [6, 6.07) is 1.70. The fourth-order valence-electron chi connectivity index (χ4n) is 7.29. The summed E-state index contributed by atoms with van der Waals surface area (Å²) in [6.45, 7) is 5.02. The molecule has 3 heteroatoms. The van der Waals surface area contributed by atoms with Gasteiger partial charge in [0, 0.05) is 25.2 Å². The molecule has 0 aromatic heterocycles. The summed E-state index contributed by atoms with van der Waals surface area (Å²) < 4.78 is 0. The Morgan fingerprint density at radius 1 is 0.931 bits per heavy atom. The molecule has 2 heterocycles. The molecule has 2 saturated heterocycles. The van der Waals surface area contributed by atoms with Gasteiger partial charge < -0.3 is 5.32 Å². The van der Waals surface area contributed by atoms with Crippen LogP contribution in [0.4, 0.5) is 0 Å². The first-order valence-electron chi connectivity index (χ1n) is 13.4. The third kappa shape index (κ3) is 5.77. The Labute approximate surface area is 181 Å². The average molecular weight is 404 g/mol. The van der Waals surface area contributed by atoms with E-state index >= 15 is 0 Å². The number of nitrogens with zero attached hydrogens (tertiary/aromatic N) is 1. The van der Waals surface area contributed by atoms with Crippen molar-refractivity contribution in [3.05, 3.63) is 0 Å². The van der Waals surface area contributed by atoms with Crippen molar-refractivity contribution in [3.63, 3.8) is 0 Å². The van der Waals surface area contributed by atoms with Gasteiger partial charge in [0.1, 0.15) is 0 Å². The molecule has 2 saturated carbocycles. The lowest BCUT2D eigenvalue weighted by molar-refractivity contribution is 0.0346. The van der Waals surface area contributed by atoms with Gasteiger partial charge in [0.25, 0.3) is 0 Å². The van der Waals surface area contributed by atoms with Crippen LogP contribution >= 0.6 is 0 Å². The van der Waals surface area contributed by atoms with Gasteiger partial charge in [-0.2, -0.15) is 0 Å². The van der Waals surface area contributed by atoms with Crippen molar-refractivity contribution >= 4 is 0 Å². The van der Waals surface area contributed by atoms with Crippen molar-refractivity contribution in [3.8, 4) is 0 Å². The van der Waals surface area contributed by atoms with E-state index < -0.39 is 0 Å². The van der Waals surface area contributed by atoms with Gasteiger partial charge in [0.2, 0.25) is 0 Å². The van der Waals surface area contributed by atoms with Gasteiger partial charge in [-0.1, -0.05) is 64.7 Å². The fourth-order valence-corrected chi connectivity index (χ4v) is 7.29. The van der Waals surface area contributed by atoms with Crippen molar-refractivity contribution in [2.24, 2.45) is 29.6 Å². The molecule has 4 aliphatic rings. The molecule has 4 fully saturated rings. The molecular formula is C26H49N3. The third-order valence-electron chi connectivity index (χ3n) is 9.35. The van der Waals surface area contributed by atoms with Crippen LogP contribution in [0.15, 0.2) is 0 Å². The van der Waals surface area contributed by atoms with E-state index in [0.29, 0.717) is 0 Å². The fraction of sp³-hybridized carbons (Fsp3) is 1.00. The van der Waals surface area contributed by atoms with Crippen LogP contribution in [0.5, 0.6) is 0 Å². The van der Waals surface area contributed by atoms with Gasteiger partial charge in [-0.25, -0.2) is 5.01 Å². The highest BCUT2D eigenvalue weighted by molar-refractivity contribution is 4.99. The molecule has 3 nitrogen and oxygen atoms in total. The molecular weight excluding hydrogens is 354 g/mol. The van der Waals surface area contributed by atoms with Crippen molar-refractivity contribution in [2.45, 2.75) is 115 Å². The Kier molecular flexibility index (Phi) is 8.34. The molecule has 2 N–H and O–H groups in total. The Bertz CT molecular complexity index is 457. The lowest BCUT2D eigenvalue weighted by Gasteiger charge is -2.50. The van der Waals surface area contributed by atoms with Crippen LogP contribution < -0.4 is 10.7 Å². The smallest absolute Gasteiger partial charge is 0.0172 e. The van der Waals surface area contributed by atoms with E-state index in [-0.39, 0.29) is 0 Å². The molecule has 29 heavy (non-hydrogen) atoms. The second kappa shape index (κ2) is 11.0. The molecule has 0 aromatic carbocycles. The number of nitrogens with one attached hydrogen (secondary N) is 2. The minimum atomic E-state index is 0.837. The standard InChI is InChI=1S/C26H49N3/c1-3-22(15-14-21-18-29(19-21)27-2)24(16-20-10-6-4-7-11-20)26-17-25(28-26)23-12-8-5-9-13-23/h20-28H,3-19H2,1-2H3. The molecule has 4 atom stereocenters. The van der Waals surface area contributed by atoms with Gasteiger partial charge in [-0.05, 0) is 75.2 Å². The van der Waals surface area contributed by atoms with Crippen molar-refractivity contribution in [1.82, 2.24) is 15.8 Å². The van der Waals surface area contributed by atoms with Crippen molar-refractivity contribution in [2.75, 3.05) is 20.1 Å². The SMILES string of the molecule is CCC(CCC1CN(NC)C1)C(CC1CCCCC1)C1CC(C2CCCCC2)N1. The summed E-state index contributed by atoms with van der Waals surface area (Å²) in [5.41, 5.74) is 3.31. The Morgan fingerprint density at radius 2 is 1.59 bits per heavy atom. The molecule has 2 aliphatic carbocycles. The predicted molar refractivity (Wildman–Crippen MR) is 124 cm³/mol. The second-order valence-corrected chi connectivity index (χ2v) is 11.2. The number of hydrogen-bond acceptors (Lipinski definition) is 3. The van der Waals surface area contributed by atoms with Gasteiger partial charge in [-0.15, -0.1) is 0 Å². The summed E-state index contributed by atoms with van der Waals surface area (Å²) in [5, 5.41) is 6.54. The van der Waals surface area contributed by atoms with Crippen LogP contribution in [-0.4, -0.2) is 37.2 Å². The highest BCUT2D eigenvalue weighted by atomic mass is 15.5. The van der Waals surface area contributed by atoms with Crippen LogP contribution in [0.3, 0.4) is 0 Å². The van der Waals surface area contributed by atoms with E-state index in [1.807, 2.05) is 0 Å². The lowest BCUT2D eigenvalue weighted by atomic mass is 9.67. The summed E-state index contributed by atoms with van der Waals surface area (Å²) in [5.74, 6) is 4.87. The van der Waals surface area contributed by atoms with Gasteiger partial charge in [0.15, 0.2) is 0 Å². The van der Waals surface area contributed by atoms with Crippen LogP contribution in [0.1, 0.15) is 103 Å². The van der Waals surface area contributed by atoms with Gasteiger partial charge in [-0.3, -0.25) is 5.43 Å². The zero-order valence-electron chi connectivity index (χ0n) is 19.5. The molecule has 168 valence electrons. The number of hydrazine groups is 1. The largest absolute Gasteiger partial charge is 0.311 e. The van der Waals surface area contributed by atoms with Gasteiger partial charge in [0.05, 0.1) is 0 Å². The van der Waals surface area contributed by atoms with E-state index in [1.54, 1.807) is 0 Å². The van der Waals surface area contributed by atoms with Gasteiger partial charge >= 0.3 is 0 Å². The average Bonchev–Trinajstić information content (AvgIpc) is 2.70. The van der Waals surface area contributed by atoms with E-state index in [4.69, 9.17) is 0 Å². The molecule has 0 aromatic rings. The Morgan fingerprint density at radius 3 is 2.21 bits per heavy atom. The summed E-state index contributed by atoms with van der Waals surface area (Å²) >= 11 is 0. The van der Waals surface area contributed by atoms with E-state index in [9.17, 15) is 0 Å². The monoisotopic (exact) mass is 403 g/mol.